The molecule has 6 nitrogen and oxygen atoms in total. The lowest BCUT2D eigenvalue weighted by molar-refractivity contribution is 0.187. The molecule has 0 saturated carbocycles. The van der Waals surface area contributed by atoms with E-state index in [2.05, 4.69) is 27.2 Å². The Balaban J connectivity index is 1.92. The maximum absolute atomic E-state index is 5.55. The summed E-state index contributed by atoms with van der Waals surface area (Å²) in [6, 6.07) is 4.08. The molecule has 19 heavy (non-hydrogen) atoms. The van der Waals surface area contributed by atoms with Crippen LogP contribution >= 0.6 is 0 Å². The normalized spacial score (nSPS) is 23.1. The lowest BCUT2D eigenvalue weighted by Gasteiger charge is -2.15. The van der Waals surface area contributed by atoms with Crippen molar-refractivity contribution in [2.75, 3.05) is 26.9 Å². The minimum atomic E-state index is 0.250. The molecular formula is C13H18N4O2. The number of rotatable bonds is 4. The zero-order chi connectivity index (χ0) is 13.2. The zero-order valence-electron chi connectivity index (χ0n) is 11.1. The van der Waals surface area contributed by atoms with Crippen LogP contribution in [0, 0.1) is 0 Å². The molecule has 2 aromatic rings. The van der Waals surface area contributed by atoms with Crippen molar-refractivity contribution < 1.29 is 9.47 Å². The van der Waals surface area contributed by atoms with Crippen molar-refractivity contribution in [3.63, 3.8) is 0 Å². The van der Waals surface area contributed by atoms with Crippen molar-refractivity contribution in [2.45, 2.75) is 18.9 Å². The molecule has 3 heterocycles. The third-order valence-corrected chi connectivity index (χ3v) is 3.45. The molecule has 2 atom stereocenters. The first-order valence-corrected chi connectivity index (χ1v) is 6.53. The molecular weight excluding hydrogens is 244 g/mol. The van der Waals surface area contributed by atoms with Crippen LogP contribution in [-0.4, -0.2) is 47.9 Å². The van der Waals surface area contributed by atoms with Crippen LogP contribution in [0.5, 0.6) is 5.88 Å². The third kappa shape index (κ3) is 2.29. The van der Waals surface area contributed by atoms with Gasteiger partial charge in [0, 0.05) is 12.1 Å². The number of H-pyrrole nitrogens is 1. The first kappa shape index (κ1) is 12.4. The minimum absolute atomic E-state index is 0.250. The maximum Gasteiger partial charge on any atom is 0.215 e. The van der Waals surface area contributed by atoms with Gasteiger partial charge in [-0.25, -0.2) is 4.98 Å². The van der Waals surface area contributed by atoms with Gasteiger partial charge in [0.05, 0.1) is 31.8 Å². The molecule has 1 fully saturated rings. The van der Waals surface area contributed by atoms with E-state index in [0.29, 0.717) is 24.2 Å². The van der Waals surface area contributed by atoms with Crippen LogP contribution in [0.3, 0.4) is 0 Å². The van der Waals surface area contributed by atoms with Crippen molar-refractivity contribution in [1.29, 1.82) is 0 Å². The van der Waals surface area contributed by atoms with Gasteiger partial charge in [0.25, 0.3) is 0 Å². The molecule has 1 aliphatic heterocycles. The maximum atomic E-state index is 5.55. The summed E-state index contributed by atoms with van der Waals surface area (Å²) in [5.74, 6) is 1.76. The SMILES string of the molecule is CCNC1COCC1c1nc2nc(OC)ccc2[nH]1. The van der Waals surface area contributed by atoms with E-state index in [0.717, 1.165) is 24.5 Å². The number of hydrogen-bond acceptors (Lipinski definition) is 5. The number of pyridine rings is 1. The fourth-order valence-corrected chi connectivity index (χ4v) is 2.47. The number of nitrogens with zero attached hydrogens (tertiary/aromatic N) is 2. The van der Waals surface area contributed by atoms with Crippen molar-refractivity contribution in [3.05, 3.63) is 18.0 Å². The Morgan fingerprint density at radius 1 is 1.42 bits per heavy atom. The van der Waals surface area contributed by atoms with Crippen LogP contribution in [-0.2, 0) is 4.74 Å². The lowest BCUT2D eigenvalue weighted by atomic mass is 10.0. The number of fused-ring (bicyclic) bond motifs is 1. The van der Waals surface area contributed by atoms with E-state index in [1.54, 1.807) is 7.11 Å². The summed E-state index contributed by atoms with van der Waals surface area (Å²) < 4.78 is 10.7. The molecule has 0 bridgehead atoms. The number of aromatic amines is 1. The van der Waals surface area contributed by atoms with Crippen LogP contribution in [0.2, 0.25) is 0 Å². The Morgan fingerprint density at radius 2 is 2.32 bits per heavy atom. The van der Waals surface area contributed by atoms with Gasteiger partial charge in [-0.3, -0.25) is 0 Å². The molecule has 1 aliphatic rings. The average Bonchev–Trinajstić information content (AvgIpc) is 3.03. The predicted octanol–water partition coefficient (Wildman–Crippen LogP) is 1.06. The summed E-state index contributed by atoms with van der Waals surface area (Å²) in [5, 5.41) is 3.43. The lowest BCUT2D eigenvalue weighted by Crippen LogP contribution is -2.34. The highest BCUT2D eigenvalue weighted by Crippen LogP contribution is 2.25. The molecule has 0 aliphatic carbocycles. The monoisotopic (exact) mass is 262 g/mol. The quantitative estimate of drug-likeness (QED) is 0.862. The van der Waals surface area contributed by atoms with E-state index in [-0.39, 0.29) is 5.92 Å². The van der Waals surface area contributed by atoms with Crippen molar-refractivity contribution in [3.8, 4) is 5.88 Å². The molecule has 0 spiro atoms. The first-order chi connectivity index (χ1) is 9.31. The van der Waals surface area contributed by atoms with Crippen LogP contribution in [0.4, 0.5) is 0 Å². The summed E-state index contributed by atoms with van der Waals surface area (Å²) >= 11 is 0. The van der Waals surface area contributed by atoms with E-state index >= 15 is 0 Å². The first-order valence-electron chi connectivity index (χ1n) is 6.53. The van der Waals surface area contributed by atoms with Gasteiger partial charge in [0.2, 0.25) is 5.88 Å². The van der Waals surface area contributed by atoms with E-state index in [9.17, 15) is 0 Å². The Hall–Kier alpha value is -1.66. The second-order valence-electron chi connectivity index (χ2n) is 4.65. The number of methoxy groups -OCH3 is 1. The highest BCUT2D eigenvalue weighted by atomic mass is 16.5. The smallest absolute Gasteiger partial charge is 0.215 e. The Labute approximate surface area is 111 Å². The molecule has 0 aromatic carbocycles. The number of ether oxygens (including phenoxy) is 2. The van der Waals surface area contributed by atoms with Crippen LogP contribution in [0.25, 0.3) is 11.2 Å². The van der Waals surface area contributed by atoms with E-state index in [1.165, 1.54) is 0 Å². The Bertz CT molecular complexity index is 569. The van der Waals surface area contributed by atoms with Crippen LogP contribution < -0.4 is 10.1 Å². The Kier molecular flexibility index (Phi) is 3.35. The van der Waals surface area contributed by atoms with E-state index in [1.807, 2.05) is 12.1 Å². The number of nitrogens with one attached hydrogen (secondary N) is 2. The average molecular weight is 262 g/mol. The van der Waals surface area contributed by atoms with Crippen LogP contribution in [0.15, 0.2) is 12.1 Å². The molecule has 3 rings (SSSR count). The summed E-state index contributed by atoms with van der Waals surface area (Å²) in [4.78, 5) is 12.2. The largest absolute Gasteiger partial charge is 0.481 e. The van der Waals surface area contributed by atoms with Crippen molar-refractivity contribution in [1.82, 2.24) is 20.3 Å². The molecule has 102 valence electrons. The van der Waals surface area contributed by atoms with Gasteiger partial charge in [-0.1, -0.05) is 6.92 Å². The fourth-order valence-electron chi connectivity index (χ4n) is 2.47. The third-order valence-electron chi connectivity index (χ3n) is 3.45. The highest BCUT2D eigenvalue weighted by Gasteiger charge is 2.31. The van der Waals surface area contributed by atoms with Gasteiger partial charge in [-0.2, -0.15) is 4.98 Å². The second-order valence-corrected chi connectivity index (χ2v) is 4.65. The number of imidazole rings is 1. The van der Waals surface area contributed by atoms with Crippen LogP contribution in [0.1, 0.15) is 18.7 Å². The fraction of sp³-hybridized carbons (Fsp3) is 0.538. The molecule has 0 amide bonds. The Morgan fingerprint density at radius 3 is 3.11 bits per heavy atom. The van der Waals surface area contributed by atoms with E-state index < -0.39 is 0 Å². The number of hydrogen-bond donors (Lipinski definition) is 2. The molecule has 6 heteroatoms. The highest BCUT2D eigenvalue weighted by molar-refractivity contribution is 5.71. The molecule has 0 radical (unpaired) electrons. The minimum Gasteiger partial charge on any atom is -0.481 e. The van der Waals surface area contributed by atoms with Gasteiger partial charge >= 0.3 is 0 Å². The summed E-state index contributed by atoms with van der Waals surface area (Å²) in [5.41, 5.74) is 1.62. The molecule has 1 saturated heterocycles. The van der Waals surface area contributed by atoms with Gasteiger partial charge in [0.15, 0.2) is 5.65 Å². The van der Waals surface area contributed by atoms with Crippen molar-refractivity contribution >= 4 is 11.2 Å². The predicted molar refractivity (Wildman–Crippen MR) is 71.5 cm³/mol. The summed E-state index contributed by atoms with van der Waals surface area (Å²) in [7, 11) is 1.60. The number of aromatic nitrogens is 3. The van der Waals surface area contributed by atoms with Gasteiger partial charge in [-0.15, -0.1) is 0 Å². The second kappa shape index (κ2) is 5.14. The van der Waals surface area contributed by atoms with Gasteiger partial charge in [-0.05, 0) is 12.6 Å². The van der Waals surface area contributed by atoms with Gasteiger partial charge in [0.1, 0.15) is 5.82 Å². The van der Waals surface area contributed by atoms with E-state index in [4.69, 9.17) is 9.47 Å². The topological polar surface area (TPSA) is 72.1 Å². The summed E-state index contributed by atoms with van der Waals surface area (Å²) in [6.07, 6.45) is 0. The summed E-state index contributed by atoms with van der Waals surface area (Å²) in [6.45, 7) is 4.44. The molecule has 2 unspecified atom stereocenters. The molecule has 2 aromatic heterocycles. The van der Waals surface area contributed by atoms with Crippen molar-refractivity contribution in [2.24, 2.45) is 0 Å². The standard InChI is InChI=1S/C13H18N4O2/c1-3-14-10-7-19-6-8(10)12-15-9-4-5-11(18-2)16-13(9)17-12/h4-5,8,10,14H,3,6-7H2,1-2H3,(H,15,16,17). The molecule has 2 N–H and O–H groups in total. The van der Waals surface area contributed by atoms with Gasteiger partial charge < -0.3 is 19.8 Å². The number of likely N-dealkylation sites (N-methyl/N-ethyl adjacent to an activating group) is 1. The zero-order valence-corrected chi connectivity index (χ0v) is 11.1.